The highest BCUT2D eigenvalue weighted by Crippen LogP contribution is 2.17. The Kier molecular flexibility index (Phi) is 5.47. The third kappa shape index (κ3) is 4.30. The number of anilines is 1. The molecule has 0 saturated carbocycles. The zero-order valence-corrected chi connectivity index (χ0v) is 15.5. The lowest BCUT2D eigenvalue weighted by atomic mass is 10.1. The predicted octanol–water partition coefficient (Wildman–Crippen LogP) is 4.08. The average Bonchev–Trinajstić information content (AvgIpc) is 2.70. The molecule has 0 spiro atoms. The molecule has 0 aliphatic carbocycles. The number of ketones is 1. The lowest BCUT2D eigenvalue weighted by Crippen LogP contribution is -2.26. The maximum Gasteiger partial charge on any atom is 0.229 e. The van der Waals surface area contributed by atoms with E-state index in [1.165, 1.54) is 12.1 Å². The van der Waals surface area contributed by atoms with Crippen LogP contribution in [0.3, 0.4) is 0 Å². The lowest BCUT2D eigenvalue weighted by molar-refractivity contribution is 0.106. The number of hydrogen-bond donors (Lipinski definition) is 1. The summed E-state index contributed by atoms with van der Waals surface area (Å²) >= 11 is 0. The summed E-state index contributed by atoms with van der Waals surface area (Å²) < 4.78 is 26.1. The van der Waals surface area contributed by atoms with Gasteiger partial charge in [-0.2, -0.15) is 5.10 Å². The molecule has 0 amide bonds. The van der Waals surface area contributed by atoms with Gasteiger partial charge in [0, 0.05) is 5.56 Å². The number of carbonyl (C=O) groups excluding carboxylic acids is 1. The molecule has 5 nitrogen and oxygen atoms in total. The molecule has 0 heterocycles. The average molecular weight is 378 g/mol. The molecule has 136 valence electrons. The summed E-state index contributed by atoms with van der Waals surface area (Å²) in [6.07, 6.45) is 0. The number of hydrogen-bond acceptors (Lipinski definition) is 5. The highest BCUT2D eigenvalue weighted by Gasteiger charge is 2.30. The lowest BCUT2D eigenvalue weighted by Gasteiger charge is -2.09. The molecule has 0 aromatic heterocycles. The first-order valence-corrected chi connectivity index (χ1v) is 9.77. The predicted molar refractivity (Wildman–Crippen MR) is 107 cm³/mol. The molecule has 6 heteroatoms. The SMILES string of the molecule is Cc1ccc(N/N=C(\C(=O)c2ccccc2)S(=O)(=O)c2ccccc2)cc1. The van der Waals surface area contributed by atoms with Gasteiger partial charge in [0.05, 0.1) is 10.6 Å². The summed E-state index contributed by atoms with van der Waals surface area (Å²) in [5, 5.41) is 3.42. The van der Waals surface area contributed by atoms with Crippen molar-refractivity contribution in [3.8, 4) is 0 Å². The molecule has 0 radical (unpaired) electrons. The monoisotopic (exact) mass is 378 g/mol. The van der Waals surface area contributed by atoms with Crippen LogP contribution in [0.25, 0.3) is 0 Å². The van der Waals surface area contributed by atoms with Crippen LogP contribution in [0.2, 0.25) is 0 Å². The van der Waals surface area contributed by atoms with Crippen molar-refractivity contribution in [2.24, 2.45) is 5.10 Å². The van der Waals surface area contributed by atoms with Crippen molar-refractivity contribution in [3.63, 3.8) is 0 Å². The molecule has 0 fully saturated rings. The fourth-order valence-corrected chi connectivity index (χ4v) is 3.67. The number of hydrazone groups is 1. The van der Waals surface area contributed by atoms with E-state index in [4.69, 9.17) is 0 Å². The Morgan fingerprint density at radius 3 is 1.96 bits per heavy atom. The van der Waals surface area contributed by atoms with E-state index in [9.17, 15) is 13.2 Å². The van der Waals surface area contributed by atoms with Crippen LogP contribution in [0.15, 0.2) is 94.9 Å². The number of aryl methyl sites for hydroxylation is 1. The van der Waals surface area contributed by atoms with Crippen LogP contribution in [0.4, 0.5) is 5.69 Å². The van der Waals surface area contributed by atoms with Gasteiger partial charge in [0.1, 0.15) is 0 Å². The van der Waals surface area contributed by atoms with Crippen molar-refractivity contribution in [2.75, 3.05) is 5.43 Å². The molecule has 27 heavy (non-hydrogen) atoms. The van der Waals surface area contributed by atoms with E-state index >= 15 is 0 Å². The maximum atomic E-state index is 13.0. The van der Waals surface area contributed by atoms with Gasteiger partial charge in [-0.05, 0) is 31.2 Å². The van der Waals surface area contributed by atoms with Crippen molar-refractivity contribution >= 4 is 26.4 Å². The standard InChI is InChI=1S/C21H18N2O3S/c1-16-12-14-18(15-13-16)22-23-21(20(24)17-8-4-2-5-9-17)27(25,26)19-10-6-3-7-11-19/h2-15,22H,1H3/b23-21+. The number of sulfone groups is 1. The first-order valence-electron chi connectivity index (χ1n) is 8.29. The fourth-order valence-electron chi connectivity index (χ4n) is 2.40. The van der Waals surface area contributed by atoms with Gasteiger partial charge >= 0.3 is 0 Å². The van der Waals surface area contributed by atoms with Gasteiger partial charge in [0.15, 0.2) is 0 Å². The second kappa shape index (κ2) is 7.97. The first kappa shape index (κ1) is 18.5. The van der Waals surface area contributed by atoms with Crippen LogP contribution in [0.5, 0.6) is 0 Å². The van der Waals surface area contributed by atoms with E-state index < -0.39 is 20.7 Å². The summed E-state index contributed by atoms with van der Waals surface area (Å²) in [4.78, 5) is 12.9. The van der Waals surface area contributed by atoms with Crippen molar-refractivity contribution in [3.05, 3.63) is 96.1 Å². The highest BCUT2D eigenvalue weighted by atomic mass is 32.2. The minimum absolute atomic E-state index is 0.0127. The molecule has 0 unspecified atom stereocenters. The third-order valence-corrected chi connectivity index (χ3v) is 5.55. The molecule has 3 aromatic rings. The van der Waals surface area contributed by atoms with Gasteiger partial charge in [-0.3, -0.25) is 10.2 Å². The van der Waals surface area contributed by atoms with E-state index in [2.05, 4.69) is 10.5 Å². The second-order valence-corrected chi connectivity index (χ2v) is 7.77. The normalized spacial score (nSPS) is 11.8. The number of carbonyl (C=O) groups is 1. The molecule has 3 aromatic carbocycles. The van der Waals surface area contributed by atoms with E-state index in [0.29, 0.717) is 5.69 Å². The largest absolute Gasteiger partial charge is 0.286 e. The van der Waals surface area contributed by atoms with Gasteiger partial charge in [0.2, 0.25) is 20.7 Å². The Morgan fingerprint density at radius 2 is 1.37 bits per heavy atom. The maximum absolute atomic E-state index is 13.0. The zero-order valence-electron chi connectivity index (χ0n) is 14.7. The molecule has 0 saturated heterocycles. The Bertz CT molecular complexity index is 1060. The molecular weight excluding hydrogens is 360 g/mol. The van der Waals surface area contributed by atoms with Crippen LogP contribution in [0, 0.1) is 6.92 Å². The van der Waals surface area contributed by atoms with Gasteiger partial charge in [-0.15, -0.1) is 0 Å². The third-order valence-electron chi connectivity index (χ3n) is 3.88. The Hall–Kier alpha value is -3.25. The summed E-state index contributed by atoms with van der Waals surface area (Å²) in [7, 11) is -4.09. The molecule has 0 aliphatic rings. The van der Waals surface area contributed by atoms with Crippen molar-refractivity contribution in [2.45, 2.75) is 11.8 Å². The van der Waals surface area contributed by atoms with Crippen molar-refractivity contribution < 1.29 is 13.2 Å². The topological polar surface area (TPSA) is 75.6 Å². The zero-order chi connectivity index (χ0) is 19.3. The summed E-state index contributed by atoms with van der Waals surface area (Å²) in [6, 6.07) is 23.3. The molecule has 3 rings (SSSR count). The van der Waals surface area contributed by atoms with E-state index in [1.807, 2.05) is 19.1 Å². The first-order chi connectivity index (χ1) is 13.0. The van der Waals surface area contributed by atoms with Gasteiger partial charge < -0.3 is 0 Å². The number of rotatable bonds is 5. The summed E-state index contributed by atoms with van der Waals surface area (Å²) in [6.45, 7) is 1.94. The quantitative estimate of drug-likeness (QED) is 0.314. The van der Waals surface area contributed by atoms with Crippen molar-refractivity contribution in [1.82, 2.24) is 0 Å². The summed E-state index contributed by atoms with van der Waals surface area (Å²) in [5.41, 5.74) is 4.58. The van der Waals surface area contributed by atoms with Gasteiger partial charge in [-0.1, -0.05) is 66.2 Å². The summed E-state index contributed by atoms with van der Waals surface area (Å²) in [5.74, 6) is -0.668. The van der Waals surface area contributed by atoms with E-state index in [0.717, 1.165) is 5.56 Å². The van der Waals surface area contributed by atoms with E-state index in [1.54, 1.807) is 60.7 Å². The molecule has 0 atom stereocenters. The molecular formula is C21H18N2O3S. The van der Waals surface area contributed by atoms with Gasteiger partial charge in [-0.25, -0.2) is 8.42 Å². The second-order valence-electron chi connectivity index (χ2n) is 5.91. The molecule has 1 N–H and O–H groups in total. The number of nitrogens with one attached hydrogen (secondary N) is 1. The Labute approximate surface area is 158 Å². The number of benzene rings is 3. The number of nitrogens with zero attached hydrogens (tertiary/aromatic N) is 1. The Morgan fingerprint density at radius 1 is 0.815 bits per heavy atom. The highest BCUT2D eigenvalue weighted by molar-refractivity contribution is 8.08. The molecule has 0 aliphatic heterocycles. The van der Waals surface area contributed by atoms with Gasteiger partial charge in [0.25, 0.3) is 0 Å². The van der Waals surface area contributed by atoms with Crippen LogP contribution < -0.4 is 5.43 Å². The number of Topliss-reactive ketones (excluding diaryl/α,β-unsaturated/α-hetero) is 1. The van der Waals surface area contributed by atoms with Crippen LogP contribution in [0.1, 0.15) is 15.9 Å². The smallest absolute Gasteiger partial charge is 0.229 e. The minimum Gasteiger partial charge on any atom is -0.286 e. The molecule has 0 bridgehead atoms. The fraction of sp³-hybridized carbons (Fsp3) is 0.0476. The van der Waals surface area contributed by atoms with Crippen LogP contribution >= 0.6 is 0 Å². The Balaban J connectivity index is 2.04. The van der Waals surface area contributed by atoms with Crippen molar-refractivity contribution in [1.29, 1.82) is 0 Å². The minimum atomic E-state index is -4.09. The van der Waals surface area contributed by atoms with Crippen LogP contribution in [-0.4, -0.2) is 19.2 Å². The van der Waals surface area contributed by atoms with Crippen LogP contribution in [-0.2, 0) is 9.84 Å². The van der Waals surface area contributed by atoms with E-state index in [-0.39, 0.29) is 10.5 Å².